The number of benzene rings is 1. The molecule has 0 aliphatic carbocycles. The van der Waals surface area contributed by atoms with Gasteiger partial charge >= 0.3 is 5.97 Å². The lowest BCUT2D eigenvalue weighted by Gasteiger charge is -2.31. The number of nitrogens with zero attached hydrogens (tertiary/aromatic N) is 2. The van der Waals surface area contributed by atoms with Gasteiger partial charge in [-0.3, -0.25) is 4.79 Å². The molecule has 0 spiro atoms. The number of aryl methyl sites for hydroxylation is 1. The highest BCUT2D eigenvalue weighted by Gasteiger charge is 2.45. The van der Waals surface area contributed by atoms with Gasteiger partial charge in [-0.15, -0.1) is 0 Å². The maximum absolute atomic E-state index is 13.2. The zero-order valence-corrected chi connectivity index (χ0v) is 16.3. The molecule has 7 heteroatoms. The fraction of sp³-hybridized carbons (Fsp3) is 0.318. The predicted octanol–water partition coefficient (Wildman–Crippen LogP) is 1.85. The number of hydrogen-bond acceptors (Lipinski definition) is 6. The molecule has 4 heterocycles. The van der Waals surface area contributed by atoms with Gasteiger partial charge in [0, 0.05) is 23.1 Å². The Balaban J connectivity index is 1.83. The summed E-state index contributed by atoms with van der Waals surface area (Å²) in [7, 11) is 0. The maximum Gasteiger partial charge on any atom is 0.343 e. The summed E-state index contributed by atoms with van der Waals surface area (Å²) in [5.41, 5.74) is 9.68. The third-order valence-electron chi connectivity index (χ3n) is 6.30. The highest BCUT2D eigenvalue weighted by atomic mass is 16.6. The van der Waals surface area contributed by atoms with Crippen LogP contribution in [0.4, 0.5) is 0 Å². The van der Waals surface area contributed by atoms with Crippen LogP contribution < -0.4 is 11.3 Å². The second-order valence-corrected chi connectivity index (χ2v) is 7.68. The van der Waals surface area contributed by atoms with Crippen LogP contribution in [0.15, 0.2) is 29.1 Å². The van der Waals surface area contributed by atoms with Crippen molar-refractivity contribution in [2.45, 2.75) is 45.6 Å². The zero-order valence-electron chi connectivity index (χ0n) is 16.3. The van der Waals surface area contributed by atoms with Crippen LogP contribution in [0.1, 0.15) is 41.2 Å². The molecule has 5 rings (SSSR count). The molecule has 148 valence electrons. The van der Waals surface area contributed by atoms with E-state index in [9.17, 15) is 14.7 Å². The van der Waals surface area contributed by atoms with Crippen LogP contribution >= 0.6 is 0 Å². The van der Waals surface area contributed by atoms with Crippen molar-refractivity contribution in [3.05, 3.63) is 62.4 Å². The summed E-state index contributed by atoms with van der Waals surface area (Å²) in [6.45, 7) is 4.39. The topological polar surface area (TPSA) is 107 Å². The molecule has 0 fully saturated rings. The van der Waals surface area contributed by atoms with Gasteiger partial charge in [-0.1, -0.05) is 19.1 Å². The number of carbonyl (C=O) groups is 1. The summed E-state index contributed by atoms with van der Waals surface area (Å²) in [4.78, 5) is 30.3. The van der Waals surface area contributed by atoms with Crippen LogP contribution in [0.5, 0.6) is 0 Å². The number of aliphatic hydroxyl groups is 1. The number of fused-ring (bicyclic) bond motifs is 5. The molecule has 29 heavy (non-hydrogen) atoms. The first kappa shape index (κ1) is 18.0. The second kappa shape index (κ2) is 5.98. The van der Waals surface area contributed by atoms with Crippen molar-refractivity contribution in [1.82, 2.24) is 9.55 Å². The lowest BCUT2D eigenvalue weighted by molar-refractivity contribution is -0.172. The monoisotopic (exact) mass is 391 g/mol. The van der Waals surface area contributed by atoms with E-state index in [2.05, 4.69) is 0 Å². The minimum Gasteiger partial charge on any atom is -0.458 e. The third-order valence-corrected chi connectivity index (χ3v) is 6.30. The number of carbonyl (C=O) groups excluding carboxylic acids is 1. The number of rotatable bonds is 2. The van der Waals surface area contributed by atoms with Gasteiger partial charge in [-0.25, -0.2) is 9.78 Å². The standard InChI is InChI=1S/C22H21N3O4/c1-3-22(28)15-7-17-19-13(9-25(17)20(26)14(15)10-29-21(22)27)11(2)18-12(8-23)5-4-6-16(18)24-19/h4-7,28H,3,8-10,23H2,1-2H3. The largest absolute Gasteiger partial charge is 0.458 e. The van der Waals surface area contributed by atoms with Gasteiger partial charge in [0.15, 0.2) is 5.60 Å². The normalized spacial score (nSPS) is 19.7. The summed E-state index contributed by atoms with van der Waals surface area (Å²) in [6.07, 6.45) is 0.124. The minimum atomic E-state index is -1.82. The molecular weight excluding hydrogens is 370 g/mol. The number of hydrogen-bond donors (Lipinski definition) is 2. The smallest absolute Gasteiger partial charge is 0.343 e. The van der Waals surface area contributed by atoms with E-state index in [1.807, 2.05) is 25.1 Å². The summed E-state index contributed by atoms with van der Waals surface area (Å²) < 4.78 is 6.77. The minimum absolute atomic E-state index is 0.124. The van der Waals surface area contributed by atoms with Gasteiger partial charge in [-0.2, -0.15) is 0 Å². The van der Waals surface area contributed by atoms with Crippen molar-refractivity contribution < 1.29 is 14.6 Å². The SMILES string of the molecule is CCC1(O)C(=O)OCc2c1cc1n(c2=O)Cc2c-1nc1cccc(CN)c1c2C. The Morgan fingerprint density at radius 1 is 1.31 bits per heavy atom. The molecule has 0 saturated heterocycles. The van der Waals surface area contributed by atoms with Crippen LogP contribution in [-0.4, -0.2) is 20.6 Å². The van der Waals surface area contributed by atoms with Crippen molar-refractivity contribution in [3.8, 4) is 11.4 Å². The van der Waals surface area contributed by atoms with Gasteiger partial charge in [0.1, 0.15) is 6.61 Å². The van der Waals surface area contributed by atoms with Gasteiger partial charge in [0.05, 0.1) is 29.0 Å². The maximum atomic E-state index is 13.2. The molecule has 0 saturated carbocycles. The molecule has 0 radical (unpaired) electrons. The Hall–Kier alpha value is -3.03. The first-order valence-electron chi connectivity index (χ1n) is 9.69. The lowest BCUT2D eigenvalue weighted by atomic mass is 9.86. The lowest BCUT2D eigenvalue weighted by Crippen LogP contribution is -2.44. The van der Waals surface area contributed by atoms with E-state index in [0.29, 0.717) is 35.6 Å². The Kier molecular flexibility index (Phi) is 3.72. The van der Waals surface area contributed by atoms with Crippen molar-refractivity contribution in [2.75, 3.05) is 0 Å². The number of pyridine rings is 2. The highest BCUT2D eigenvalue weighted by Crippen LogP contribution is 2.40. The number of ether oxygens (including phenoxy) is 1. The summed E-state index contributed by atoms with van der Waals surface area (Å²) in [5, 5.41) is 12.0. The van der Waals surface area contributed by atoms with E-state index < -0.39 is 11.6 Å². The van der Waals surface area contributed by atoms with Crippen LogP contribution in [0, 0.1) is 6.92 Å². The molecule has 2 aromatic heterocycles. The van der Waals surface area contributed by atoms with E-state index in [4.69, 9.17) is 15.5 Å². The number of cyclic esters (lactones) is 1. The quantitative estimate of drug-likeness (QED) is 0.505. The van der Waals surface area contributed by atoms with Gasteiger partial charge in [-0.05, 0) is 36.6 Å². The van der Waals surface area contributed by atoms with Gasteiger partial charge in [0.25, 0.3) is 5.56 Å². The van der Waals surface area contributed by atoms with Crippen molar-refractivity contribution >= 4 is 16.9 Å². The summed E-state index contributed by atoms with van der Waals surface area (Å²) in [5.74, 6) is -0.717. The first-order valence-corrected chi connectivity index (χ1v) is 9.69. The molecule has 3 aromatic rings. The van der Waals surface area contributed by atoms with Gasteiger partial charge in [0.2, 0.25) is 0 Å². The zero-order chi connectivity index (χ0) is 20.5. The van der Waals surface area contributed by atoms with Crippen LogP contribution in [0.2, 0.25) is 0 Å². The number of aromatic nitrogens is 2. The molecule has 1 atom stereocenters. The molecule has 2 aliphatic rings. The Bertz CT molecular complexity index is 1280. The average molecular weight is 391 g/mol. The van der Waals surface area contributed by atoms with E-state index in [1.54, 1.807) is 17.6 Å². The third kappa shape index (κ3) is 2.22. The molecule has 0 amide bonds. The van der Waals surface area contributed by atoms with Crippen molar-refractivity contribution in [1.29, 1.82) is 0 Å². The molecular formula is C22H21N3O4. The first-order chi connectivity index (χ1) is 13.9. The fourth-order valence-corrected chi connectivity index (χ4v) is 4.62. The fourth-order valence-electron chi connectivity index (χ4n) is 4.62. The molecule has 1 unspecified atom stereocenters. The number of nitrogens with two attached hydrogens (primary N) is 1. The molecule has 2 aliphatic heterocycles. The van der Waals surface area contributed by atoms with E-state index >= 15 is 0 Å². The summed E-state index contributed by atoms with van der Waals surface area (Å²) in [6, 6.07) is 7.57. The molecule has 7 nitrogen and oxygen atoms in total. The van der Waals surface area contributed by atoms with Crippen LogP contribution in [0.25, 0.3) is 22.3 Å². The van der Waals surface area contributed by atoms with E-state index in [1.165, 1.54) is 0 Å². The van der Waals surface area contributed by atoms with Crippen LogP contribution in [0.3, 0.4) is 0 Å². The van der Waals surface area contributed by atoms with Crippen molar-refractivity contribution in [3.63, 3.8) is 0 Å². The Morgan fingerprint density at radius 2 is 2.10 bits per heavy atom. The second-order valence-electron chi connectivity index (χ2n) is 7.68. The molecule has 0 bridgehead atoms. The Labute approximate surface area is 166 Å². The van der Waals surface area contributed by atoms with Crippen molar-refractivity contribution in [2.24, 2.45) is 5.73 Å². The van der Waals surface area contributed by atoms with Crippen LogP contribution in [-0.2, 0) is 34.8 Å². The average Bonchev–Trinajstić information content (AvgIpc) is 3.10. The van der Waals surface area contributed by atoms with Gasteiger partial charge < -0.3 is 20.1 Å². The number of esters is 1. The molecule has 3 N–H and O–H groups in total. The van der Waals surface area contributed by atoms with E-state index in [0.717, 1.165) is 27.6 Å². The molecule has 1 aromatic carbocycles. The van der Waals surface area contributed by atoms with E-state index in [-0.39, 0.29) is 18.6 Å². The predicted molar refractivity (Wildman–Crippen MR) is 107 cm³/mol. The highest BCUT2D eigenvalue weighted by molar-refractivity contribution is 5.91. The summed E-state index contributed by atoms with van der Waals surface area (Å²) >= 11 is 0. The Morgan fingerprint density at radius 3 is 2.83 bits per heavy atom.